The Hall–Kier alpha value is 0.0249. The zero-order valence-corrected chi connectivity index (χ0v) is 34.0. The van der Waals surface area contributed by atoms with Crippen molar-refractivity contribution in [2.75, 3.05) is 26.2 Å². The van der Waals surface area contributed by atoms with Crippen molar-refractivity contribution in [1.82, 2.24) is 0 Å². The van der Waals surface area contributed by atoms with E-state index in [2.05, 4.69) is 27.7 Å². The van der Waals surface area contributed by atoms with E-state index >= 15 is 0 Å². The maximum atomic E-state index is 2.46. The van der Waals surface area contributed by atoms with Crippen LogP contribution in [0.5, 0.6) is 0 Å². The largest absolute Gasteiger partial charge is 1.00 e. The average molecular weight is 660 g/mol. The molecule has 0 aliphatic rings. The molecule has 0 saturated carbocycles. The van der Waals surface area contributed by atoms with Gasteiger partial charge in [0.25, 0.3) is 0 Å². The van der Waals surface area contributed by atoms with Crippen LogP contribution in [0.2, 0.25) is 0 Å². The second-order valence-electron chi connectivity index (χ2n) is 15.9. The van der Waals surface area contributed by atoms with Gasteiger partial charge in [-0.3, -0.25) is 0 Å². The molecule has 0 rings (SSSR count). The highest BCUT2D eigenvalue weighted by Crippen LogP contribution is 2.20. The van der Waals surface area contributed by atoms with Crippen LogP contribution in [0.25, 0.3) is 0 Å². The molecule has 0 amide bonds. The van der Waals surface area contributed by atoms with E-state index in [1.54, 1.807) is 0 Å². The van der Waals surface area contributed by atoms with Crippen molar-refractivity contribution in [2.45, 2.75) is 265 Å². The van der Waals surface area contributed by atoms with E-state index in [1.165, 1.54) is 268 Å². The molecule has 4 radical (unpaired) electrons. The highest BCUT2D eigenvalue weighted by Gasteiger charge is 2.25. The SMILES string of the molecule is CCCCCCCCCCCCCC[N+](CCC)(CCCCCCCCCCCCCC)CCCCCCCCCCCCCC.[B-]. The van der Waals surface area contributed by atoms with Gasteiger partial charge in [0.1, 0.15) is 0 Å². The standard InChI is InChI=1S/C45H94N.B/c1-5-9-12-15-18-21-24-27-30-33-36-39-43-46(42-8-4,44-40-37-34-31-28-25-22-19-16-13-10-6-2)45-41-38-35-32-29-26-23-20-17-14-11-7-3;/h5-45H2,1-4H3;/q+1;-1. The lowest BCUT2D eigenvalue weighted by molar-refractivity contribution is -0.929. The quantitative estimate of drug-likeness (QED) is 0.0348. The van der Waals surface area contributed by atoms with Gasteiger partial charge in [-0.25, -0.2) is 0 Å². The molecular formula is C45H94BN. The first-order chi connectivity index (χ1) is 22.7. The second-order valence-corrected chi connectivity index (χ2v) is 15.9. The molecule has 2 heteroatoms. The molecule has 47 heavy (non-hydrogen) atoms. The summed E-state index contributed by atoms with van der Waals surface area (Å²) in [5.41, 5.74) is 0. The number of nitrogens with zero attached hydrogens (tertiary/aromatic N) is 1. The fraction of sp³-hybridized carbons (Fsp3) is 1.00. The Morgan fingerprint density at radius 1 is 0.191 bits per heavy atom. The molecule has 0 aromatic heterocycles. The van der Waals surface area contributed by atoms with Crippen LogP contribution in [0, 0.1) is 0 Å². The first kappa shape index (κ1) is 49.1. The molecule has 0 saturated heterocycles. The summed E-state index contributed by atoms with van der Waals surface area (Å²) in [7, 11) is 0. The lowest BCUT2D eigenvalue weighted by Gasteiger charge is -2.39. The summed E-state index contributed by atoms with van der Waals surface area (Å²) in [5, 5.41) is 0. The van der Waals surface area contributed by atoms with Crippen molar-refractivity contribution < 1.29 is 4.48 Å². The van der Waals surface area contributed by atoms with Crippen LogP contribution >= 0.6 is 0 Å². The van der Waals surface area contributed by atoms with Gasteiger partial charge in [-0.2, -0.15) is 0 Å². The normalized spacial score (nSPS) is 11.7. The third kappa shape index (κ3) is 37.1. The Kier molecular flexibility index (Phi) is 44.1. The maximum absolute atomic E-state index is 2.46. The van der Waals surface area contributed by atoms with Crippen molar-refractivity contribution in [3.63, 3.8) is 0 Å². The van der Waals surface area contributed by atoms with E-state index in [0.29, 0.717) is 0 Å². The Balaban J connectivity index is 0. The van der Waals surface area contributed by atoms with E-state index < -0.39 is 0 Å². The van der Waals surface area contributed by atoms with Gasteiger partial charge in [0.15, 0.2) is 0 Å². The summed E-state index contributed by atoms with van der Waals surface area (Å²) < 4.78 is 1.46. The number of hydrogen-bond donors (Lipinski definition) is 0. The summed E-state index contributed by atoms with van der Waals surface area (Å²) in [5.74, 6) is 0. The minimum Gasteiger partial charge on any atom is -1.00 e. The van der Waals surface area contributed by atoms with Gasteiger partial charge in [-0.15, -0.1) is 0 Å². The Bertz CT molecular complexity index is 465. The van der Waals surface area contributed by atoms with Crippen molar-refractivity contribution in [2.24, 2.45) is 0 Å². The Morgan fingerprint density at radius 3 is 0.532 bits per heavy atom. The van der Waals surface area contributed by atoms with E-state index in [0.717, 1.165) is 0 Å². The molecule has 0 aromatic carbocycles. The molecule has 0 atom stereocenters. The maximum Gasteiger partial charge on any atom is 0.0786 e. The monoisotopic (exact) mass is 660 g/mol. The fourth-order valence-electron chi connectivity index (χ4n) is 8.01. The number of rotatable bonds is 41. The van der Waals surface area contributed by atoms with E-state index in [9.17, 15) is 0 Å². The third-order valence-corrected chi connectivity index (χ3v) is 11.2. The zero-order chi connectivity index (χ0) is 33.5. The lowest BCUT2D eigenvalue weighted by atomic mass is 10.0. The molecule has 0 aliphatic carbocycles. The Labute approximate surface area is 303 Å². The van der Waals surface area contributed by atoms with Crippen LogP contribution < -0.4 is 0 Å². The summed E-state index contributed by atoms with van der Waals surface area (Å²) in [6, 6.07) is 0. The second kappa shape index (κ2) is 42.2. The molecule has 1 nitrogen and oxygen atoms in total. The molecule has 0 spiro atoms. The number of hydrogen-bond acceptors (Lipinski definition) is 0. The molecule has 0 fully saturated rings. The zero-order valence-electron chi connectivity index (χ0n) is 34.0. The topological polar surface area (TPSA) is 0 Å². The molecule has 0 N–H and O–H groups in total. The van der Waals surface area contributed by atoms with Gasteiger partial charge in [-0.05, 0) is 44.9 Å². The molecule has 0 aliphatic heterocycles. The smallest absolute Gasteiger partial charge is 0.0786 e. The van der Waals surface area contributed by atoms with Crippen LogP contribution in [-0.2, 0) is 0 Å². The minimum absolute atomic E-state index is 0. The molecular weight excluding hydrogens is 565 g/mol. The van der Waals surface area contributed by atoms with Gasteiger partial charge in [-0.1, -0.05) is 220 Å². The minimum atomic E-state index is 0. The first-order valence-electron chi connectivity index (χ1n) is 22.6. The highest BCUT2D eigenvalue weighted by atomic mass is 15.3. The van der Waals surface area contributed by atoms with Crippen LogP contribution in [0.1, 0.15) is 265 Å². The van der Waals surface area contributed by atoms with Crippen molar-refractivity contribution in [1.29, 1.82) is 0 Å². The Morgan fingerprint density at radius 2 is 0.362 bits per heavy atom. The molecule has 0 unspecified atom stereocenters. The van der Waals surface area contributed by atoms with Gasteiger partial charge < -0.3 is 12.9 Å². The van der Waals surface area contributed by atoms with Crippen LogP contribution in [0.15, 0.2) is 0 Å². The predicted molar refractivity (Wildman–Crippen MR) is 219 cm³/mol. The predicted octanol–water partition coefficient (Wildman–Crippen LogP) is 15.9. The van der Waals surface area contributed by atoms with E-state index in [1.807, 2.05) is 0 Å². The fourth-order valence-corrected chi connectivity index (χ4v) is 8.01. The molecule has 0 bridgehead atoms. The van der Waals surface area contributed by atoms with Crippen LogP contribution in [0.3, 0.4) is 0 Å². The van der Waals surface area contributed by atoms with Crippen molar-refractivity contribution >= 4 is 8.41 Å². The van der Waals surface area contributed by atoms with Crippen molar-refractivity contribution in [3.05, 3.63) is 0 Å². The highest BCUT2D eigenvalue weighted by molar-refractivity contribution is 5.75. The number of quaternary nitrogens is 1. The van der Waals surface area contributed by atoms with Gasteiger partial charge in [0.05, 0.1) is 26.2 Å². The molecule has 0 aromatic rings. The summed E-state index contributed by atoms with van der Waals surface area (Å²) in [6.45, 7) is 15.3. The number of unbranched alkanes of at least 4 members (excludes halogenated alkanes) is 33. The first-order valence-corrected chi connectivity index (χ1v) is 22.6. The van der Waals surface area contributed by atoms with Gasteiger partial charge >= 0.3 is 0 Å². The van der Waals surface area contributed by atoms with Gasteiger partial charge in [0.2, 0.25) is 0 Å². The molecule has 282 valence electrons. The third-order valence-electron chi connectivity index (χ3n) is 11.2. The summed E-state index contributed by atoms with van der Waals surface area (Å²) >= 11 is 0. The van der Waals surface area contributed by atoms with E-state index in [4.69, 9.17) is 0 Å². The van der Waals surface area contributed by atoms with Gasteiger partial charge in [0, 0.05) is 0 Å². The molecule has 0 heterocycles. The summed E-state index contributed by atoms with van der Waals surface area (Å²) in [4.78, 5) is 0. The van der Waals surface area contributed by atoms with Crippen LogP contribution in [0.4, 0.5) is 0 Å². The lowest BCUT2D eigenvalue weighted by Crippen LogP contribution is -2.50. The van der Waals surface area contributed by atoms with Crippen LogP contribution in [-0.4, -0.2) is 39.1 Å². The summed E-state index contributed by atoms with van der Waals surface area (Å²) in [6.07, 6.45) is 54.3. The average Bonchev–Trinajstić information content (AvgIpc) is 3.06. The van der Waals surface area contributed by atoms with Crippen molar-refractivity contribution in [3.8, 4) is 0 Å². The van der Waals surface area contributed by atoms with E-state index in [-0.39, 0.29) is 8.41 Å².